The highest BCUT2D eigenvalue weighted by Crippen LogP contribution is 2.17. The quantitative estimate of drug-likeness (QED) is 0.665. The molecule has 0 aromatic carbocycles. The fourth-order valence-electron chi connectivity index (χ4n) is 1.38. The lowest BCUT2D eigenvalue weighted by molar-refractivity contribution is 0.746. The molecular formula is C11H17N. The smallest absolute Gasteiger partial charge is 0.0294 e. The standard InChI is InChI=1S/C11H17N/c1-3-11(12)10-8-6-4-5-7-9(10)2/h4,6-8,11H,3,5,12H2,1-2H3. The minimum Gasteiger partial charge on any atom is -0.324 e. The second kappa shape index (κ2) is 4.27. The molecule has 0 saturated carbocycles. The van der Waals surface area contributed by atoms with Crippen molar-refractivity contribution >= 4 is 0 Å². The van der Waals surface area contributed by atoms with Gasteiger partial charge in [0.1, 0.15) is 0 Å². The van der Waals surface area contributed by atoms with E-state index in [0.29, 0.717) is 0 Å². The Hall–Kier alpha value is -0.820. The summed E-state index contributed by atoms with van der Waals surface area (Å²) in [6, 6.07) is 0.198. The van der Waals surface area contributed by atoms with Crippen LogP contribution in [0.4, 0.5) is 0 Å². The highest BCUT2D eigenvalue weighted by Gasteiger charge is 2.08. The Morgan fingerprint density at radius 3 is 3.00 bits per heavy atom. The molecule has 1 atom stereocenters. The van der Waals surface area contributed by atoms with E-state index >= 15 is 0 Å². The zero-order valence-corrected chi connectivity index (χ0v) is 7.88. The van der Waals surface area contributed by atoms with Gasteiger partial charge in [-0.05, 0) is 25.3 Å². The summed E-state index contributed by atoms with van der Waals surface area (Å²) >= 11 is 0. The lowest BCUT2D eigenvalue weighted by Gasteiger charge is -2.13. The minimum absolute atomic E-state index is 0.198. The van der Waals surface area contributed by atoms with Gasteiger partial charge in [-0.2, -0.15) is 0 Å². The van der Waals surface area contributed by atoms with E-state index in [1.165, 1.54) is 11.1 Å². The lowest BCUT2D eigenvalue weighted by atomic mass is 9.98. The Morgan fingerprint density at radius 1 is 1.58 bits per heavy atom. The van der Waals surface area contributed by atoms with Crippen LogP contribution >= 0.6 is 0 Å². The summed E-state index contributed by atoms with van der Waals surface area (Å²) in [6.45, 7) is 4.25. The monoisotopic (exact) mass is 163 g/mol. The van der Waals surface area contributed by atoms with Crippen LogP contribution in [0.1, 0.15) is 26.7 Å². The molecule has 2 N–H and O–H groups in total. The van der Waals surface area contributed by atoms with Gasteiger partial charge in [0.05, 0.1) is 0 Å². The number of allylic oxidation sites excluding steroid dienone is 4. The second-order valence-corrected chi connectivity index (χ2v) is 3.19. The highest BCUT2D eigenvalue weighted by atomic mass is 14.6. The maximum atomic E-state index is 5.96. The molecule has 0 spiro atoms. The summed E-state index contributed by atoms with van der Waals surface area (Å²) in [4.78, 5) is 0. The third-order valence-corrected chi connectivity index (χ3v) is 2.27. The topological polar surface area (TPSA) is 26.0 Å². The number of nitrogens with two attached hydrogens (primary N) is 1. The maximum Gasteiger partial charge on any atom is 0.0294 e. The molecule has 1 aliphatic rings. The maximum absolute atomic E-state index is 5.96. The van der Waals surface area contributed by atoms with Gasteiger partial charge in [0, 0.05) is 6.04 Å². The van der Waals surface area contributed by atoms with Crippen LogP contribution in [-0.2, 0) is 0 Å². The Labute approximate surface area is 74.7 Å². The van der Waals surface area contributed by atoms with Gasteiger partial charge >= 0.3 is 0 Å². The Morgan fingerprint density at radius 2 is 2.33 bits per heavy atom. The second-order valence-electron chi connectivity index (χ2n) is 3.19. The van der Waals surface area contributed by atoms with Crippen molar-refractivity contribution in [2.24, 2.45) is 5.73 Å². The van der Waals surface area contributed by atoms with E-state index in [4.69, 9.17) is 5.73 Å². The molecule has 0 aromatic heterocycles. The molecule has 0 saturated heterocycles. The van der Waals surface area contributed by atoms with Gasteiger partial charge in [-0.15, -0.1) is 0 Å². The average Bonchev–Trinajstić information content (AvgIpc) is 2.28. The first-order valence-electron chi connectivity index (χ1n) is 4.55. The van der Waals surface area contributed by atoms with Crippen molar-refractivity contribution in [2.45, 2.75) is 32.7 Å². The molecular weight excluding hydrogens is 146 g/mol. The third-order valence-electron chi connectivity index (χ3n) is 2.27. The summed E-state index contributed by atoms with van der Waals surface area (Å²) < 4.78 is 0. The fourth-order valence-corrected chi connectivity index (χ4v) is 1.38. The summed E-state index contributed by atoms with van der Waals surface area (Å²) in [5.74, 6) is 0. The van der Waals surface area contributed by atoms with E-state index in [9.17, 15) is 0 Å². The van der Waals surface area contributed by atoms with Crippen molar-refractivity contribution in [1.82, 2.24) is 0 Å². The average molecular weight is 163 g/mol. The zero-order chi connectivity index (χ0) is 8.97. The van der Waals surface area contributed by atoms with E-state index in [0.717, 1.165) is 12.8 Å². The van der Waals surface area contributed by atoms with E-state index in [1.807, 2.05) is 0 Å². The molecule has 0 fully saturated rings. The first kappa shape index (κ1) is 9.27. The molecule has 0 bridgehead atoms. The van der Waals surface area contributed by atoms with E-state index in [-0.39, 0.29) is 6.04 Å². The number of hydrogen-bond donors (Lipinski definition) is 1. The van der Waals surface area contributed by atoms with Gasteiger partial charge in [0.15, 0.2) is 0 Å². The van der Waals surface area contributed by atoms with Crippen LogP contribution < -0.4 is 5.73 Å². The van der Waals surface area contributed by atoms with Crippen molar-refractivity contribution in [3.63, 3.8) is 0 Å². The molecule has 66 valence electrons. The fraction of sp³-hybridized carbons (Fsp3) is 0.455. The van der Waals surface area contributed by atoms with E-state index < -0.39 is 0 Å². The SMILES string of the molecule is CCC(N)C1=CC=CCC=C1C. The largest absolute Gasteiger partial charge is 0.324 e. The summed E-state index contributed by atoms with van der Waals surface area (Å²) in [5, 5.41) is 0. The van der Waals surface area contributed by atoms with Crippen molar-refractivity contribution < 1.29 is 0 Å². The number of hydrogen-bond acceptors (Lipinski definition) is 1. The Bertz CT molecular complexity index is 233. The summed E-state index contributed by atoms with van der Waals surface area (Å²) in [7, 11) is 0. The highest BCUT2D eigenvalue weighted by molar-refractivity contribution is 5.38. The molecule has 1 rings (SSSR count). The molecule has 0 amide bonds. The van der Waals surface area contributed by atoms with Crippen LogP contribution in [0.15, 0.2) is 35.5 Å². The van der Waals surface area contributed by atoms with Crippen LogP contribution in [0.3, 0.4) is 0 Å². The van der Waals surface area contributed by atoms with Gasteiger partial charge in [-0.1, -0.05) is 36.8 Å². The van der Waals surface area contributed by atoms with Crippen molar-refractivity contribution in [2.75, 3.05) is 0 Å². The van der Waals surface area contributed by atoms with Gasteiger partial charge < -0.3 is 5.73 Å². The number of rotatable bonds is 2. The summed E-state index contributed by atoms with van der Waals surface area (Å²) in [6.07, 6.45) is 10.6. The van der Waals surface area contributed by atoms with Crippen LogP contribution in [0.5, 0.6) is 0 Å². The van der Waals surface area contributed by atoms with Gasteiger partial charge in [-0.25, -0.2) is 0 Å². The molecule has 0 aromatic rings. The van der Waals surface area contributed by atoms with Crippen molar-refractivity contribution in [1.29, 1.82) is 0 Å². The molecule has 1 aliphatic carbocycles. The molecule has 12 heavy (non-hydrogen) atoms. The van der Waals surface area contributed by atoms with Gasteiger partial charge in [0.25, 0.3) is 0 Å². The van der Waals surface area contributed by atoms with Crippen molar-refractivity contribution in [3.8, 4) is 0 Å². The lowest BCUT2D eigenvalue weighted by Crippen LogP contribution is -2.21. The van der Waals surface area contributed by atoms with Crippen LogP contribution in [0.2, 0.25) is 0 Å². The minimum atomic E-state index is 0.198. The van der Waals surface area contributed by atoms with E-state index in [1.54, 1.807) is 0 Å². The normalized spacial score (nSPS) is 19.6. The first-order valence-corrected chi connectivity index (χ1v) is 4.55. The van der Waals surface area contributed by atoms with Crippen molar-refractivity contribution in [3.05, 3.63) is 35.5 Å². The summed E-state index contributed by atoms with van der Waals surface area (Å²) in [5.41, 5.74) is 8.58. The molecule has 1 nitrogen and oxygen atoms in total. The molecule has 1 heteroatoms. The van der Waals surface area contributed by atoms with E-state index in [2.05, 4.69) is 38.2 Å². The molecule has 0 aliphatic heterocycles. The van der Waals surface area contributed by atoms with Crippen LogP contribution in [0.25, 0.3) is 0 Å². The van der Waals surface area contributed by atoms with Gasteiger partial charge in [0.2, 0.25) is 0 Å². The predicted molar refractivity (Wildman–Crippen MR) is 53.9 cm³/mol. The predicted octanol–water partition coefficient (Wildman–Crippen LogP) is 2.56. The Kier molecular flexibility index (Phi) is 3.30. The van der Waals surface area contributed by atoms with Crippen LogP contribution in [-0.4, -0.2) is 6.04 Å². The van der Waals surface area contributed by atoms with Crippen LogP contribution in [0, 0.1) is 0 Å². The molecule has 0 radical (unpaired) electrons. The third kappa shape index (κ3) is 2.08. The molecule has 0 heterocycles. The zero-order valence-electron chi connectivity index (χ0n) is 7.88. The van der Waals surface area contributed by atoms with Gasteiger partial charge in [-0.3, -0.25) is 0 Å². The molecule has 1 unspecified atom stereocenters. The Balaban J connectivity index is 2.84. The first-order chi connectivity index (χ1) is 5.75.